The Morgan fingerprint density at radius 3 is 1.51 bits per heavy atom. The Morgan fingerprint density at radius 2 is 1.06 bits per heavy atom. The second kappa shape index (κ2) is 31.6. The molecule has 2 fully saturated rings. The molecule has 2 heterocycles. The fourth-order valence-electron chi connectivity index (χ4n) is 8.04. The highest BCUT2D eigenvalue weighted by molar-refractivity contribution is 5.84. The van der Waals surface area contributed by atoms with Gasteiger partial charge >= 0.3 is 29.8 Å². The van der Waals surface area contributed by atoms with Crippen LogP contribution >= 0.6 is 0 Å². The molecular formula is C49H74N4O18. The standard InChI is InChI=1S/C49H74N4O18/c1-29-39(27-65-33(5)56)70-48(43(51-31(3)54)45(29)68-35(7)58)63-24-16-13-21-41(60)50-23-15-12-20-38(47(62)67-26-37-18-10-9-11-19-37)53-42(61)22-14-17-25-64-49-44(52-32(4)55)46(69-36(8)59)30(2)40(71-49)28-66-34(6)57/h9-11,18-19,29-30,38-40,43-46,48-49H,12-17,20-28H2,1-8H3,(H,50,60)(H,51,54)(H,52,55)(H,53,61)/t29-,30-,38-,39+,40+,43+,44+,45-,46-,48+,49+/m0/s1. The van der Waals surface area contributed by atoms with Gasteiger partial charge in [0.25, 0.3) is 0 Å². The second-order valence-electron chi connectivity index (χ2n) is 17.7. The van der Waals surface area contributed by atoms with E-state index >= 15 is 0 Å². The molecule has 1 aromatic carbocycles. The maximum absolute atomic E-state index is 13.3. The fraction of sp³-hybridized carbons (Fsp3) is 0.694. The smallest absolute Gasteiger partial charge is 0.328 e. The molecule has 71 heavy (non-hydrogen) atoms. The molecule has 22 nitrogen and oxygen atoms in total. The summed E-state index contributed by atoms with van der Waals surface area (Å²) < 4.78 is 51.2. The van der Waals surface area contributed by atoms with E-state index in [9.17, 15) is 43.2 Å². The highest BCUT2D eigenvalue weighted by Gasteiger charge is 2.48. The lowest BCUT2D eigenvalue weighted by Gasteiger charge is -2.44. The Bertz CT molecular complexity index is 1900. The minimum absolute atomic E-state index is 0.0141. The molecule has 2 aliphatic heterocycles. The minimum Gasteiger partial charge on any atom is -0.463 e. The number of nitrogens with one attached hydrogen (secondary N) is 4. The molecule has 2 aliphatic rings. The summed E-state index contributed by atoms with van der Waals surface area (Å²) in [5, 5.41) is 11.2. The third-order valence-electron chi connectivity index (χ3n) is 11.6. The number of hydrogen-bond acceptors (Lipinski definition) is 18. The third-order valence-corrected chi connectivity index (χ3v) is 11.6. The van der Waals surface area contributed by atoms with Crippen molar-refractivity contribution in [3.8, 4) is 0 Å². The molecule has 11 atom stereocenters. The Labute approximate surface area is 415 Å². The zero-order valence-electron chi connectivity index (χ0n) is 42.2. The largest absolute Gasteiger partial charge is 0.463 e. The number of hydrogen-bond donors (Lipinski definition) is 4. The van der Waals surface area contributed by atoms with Gasteiger partial charge in [0.15, 0.2) is 12.6 Å². The lowest BCUT2D eigenvalue weighted by molar-refractivity contribution is -0.260. The van der Waals surface area contributed by atoms with E-state index in [0.29, 0.717) is 45.1 Å². The van der Waals surface area contributed by atoms with Crippen LogP contribution < -0.4 is 21.3 Å². The summed E-state index contributed by atoms with van der Waals surface area (Å²) in [7, 11) is 0. The summed E-state index contributed by atoms with van der Waals surface area (Å²) >= 11 is 0. The van der Waals surface area contributed by atoms with Crippen LogP contribution in [0.3, 0.4) is 0 Å². The van der Waals surface area contributed by atoms with E-state index < -0.39 is 103 Å². The maximum Gasteiger partial charge on any atom is 0.328 e. The van der Waals surface area contributed by atoms with Crippen LogP contribution in [0.15, 0.2) is 30.3 Å². The minimum atomic E-state index is -1.07. The quantitative estimate of drug-likeness (QED) is 0.0510. The van der Waals surface area contributed by atoms with E-state index in [1.54, 1.807) is 13.8 Å². The topological polar surface area (TPSA) is 285 Å². The molecule has 4 amide bonds. The number of ether oxygens (including phenoxy) is 9. The van der Waals surface area contributed by atoms with Crippen LogP contribution in [0.2, 0.25) is 0 Å². The number of unbranched alkanes of at least 4 members (excludes halogenated alkanes) is 3. The number of amides is 4. The number of carbonyl (C=O) groups is 9. The van der Waals surface area contributed by atoms with Crippen LogP contribution in [0.25, 0.3) is 0 Å². The molecule has 398 valence electrons. The first kappa shape index (κ1) is 59.6. The first-order valence-corrected chi connectivity index (χ1v) is 24.2. The molecule has 2 saturated heterocycles. The number of esters is 5. The Morgan fingerprint density at radius 1 is 0.577 bits per heavy atom. The first-order valence-electron chi connectivity index (χ1n) is 24.2. The zero-order valence-corrected chi connectivity index (χ0v) is 42.2. The van der Waals surface area contributed by atoms with Gasteiger partial charge in [0.05, 0.1) is 0 Å². The van der Waals surface area contributed by atoms with Gasteiger partial charge in [-0.25, -0.2) is 4.79 Å². The van der Waals surface area contributed by atoms with Gasteiger partial charge in [0, 0.05) is 86.0 Å². The van der Waals surface area contributed by atoms with Crippen molar-refractivity contribution < 1.29 is 85.8 Å². The summed E-state index contributed by atoms with van der Waals surface area (Å²) in [4.78, 5) is 110. The highest BCUT2D eigenvalue weighted by Crippen LogP contribution is 2.31. The average molecular weight is 1010 g/mol. The van der Waals surface area contributed by atoms with E-state index in [1.165, 1.54) is 41.5 Å². The number of rotatable bonds is 29. The van der Waals surface area contributed by atoms with Crippen molar-refractivity contribution in [3.63, 3.8) is 0 Å². The summed E-state index contributed by atoms with van der Waals surface area (Å²) in [5.74, 6) is -5.08. The van der Waals surface area contributed by atoms with Gasteiger partial charge < -0.3 is 63.9 Å². The molecule has 4 N–H and O–H groups in total. The van der Waals surface area contributed by atoms with Crippen molar-refractivity contribution in [1.29, 1.82) is 0 Å². The average Bonchev–Trinajstić information content (AvgIpc) is 3.29. The lowest BCUT2D eigenvalue weighted by Crippen LogP contribution is -2.63. The zero-order chi connectivity index (χ0) is 52.5. The maximum atomic E-state index is 13.3. The van der Waals surface area contributed by atoms with Gasteiger partial charge in [-0.2, -0.15) is 0 Å². The summed E-state index contributed by atoms with van der Waals surface area (Å²) in [5.41, 5.74) is 0.776. The summed E-state index contributed by atoms with van der Waals surface area (Å²) in [6, 6.07) is 6.45. The van der Waals surface area contributed by atoms with E-state index in [-0.39, 0.29) is 70.0 Å². The van der Waals surface area contributed by atoms with Crippen molar-refractivity contribution >= 4 is 53.5 Å². The highest BCUT2D eigenvalue weighted by atomic mass is 16.7. The van der Waals surface area contributed by atoms with Crippen molar-refractivity contribution in [2.45, 2.75) is 175 Å². The van der Waals surface area contributed by atoms with Gasteiger partial charge in [-0.15, -0.1) is 0 Å². The Balaban J connectivity index is 1.47. The number of benzene rings is 1. The van der Waals surface area contributed by atoms with E-state index in [4.69, 9.17) is 42.6 Å². The normalized spacial score (nSPS) is 24.2. The van der Waals surface area contributed by atoms with Crippen LogP contribution in [-0.4, -0.2) is 142 Å². The van der Waals surface area contributed by atoms with Crippen molar-refractivity contribution in [1.82, 2.24) is 21.3 Å². The molecule has 1 aromatic rings. The SMILES string of the molecule is CC(=O)N[C@H]1[C@H](OCCCCC(=O)NCCCC[C@H](NC(=O)CCCCO[C@@H]2O[C@H](COC(C)=O)[C@H](C)[C@H](OC(C)=O)[C@H]2NC(C)=O)C(=O)OCc2ccccc2)O[C@H](COC(C)=O)[C@H](C)[C@@H]1OC(C)=O. The van der Waals surface area contributed by atoms with E-state index in [0.717, 1.165) is 5.56 Å². The molecule has 0 aliphatic carbocycles. The molecule has 0 radical (unpaired) electrons. The Hall–Kier alpha value is -5.71. The van der Waals surface area contributed by atoms with E-state index in [2.05, 4.69) is 21.3 Å². The van der Waals surface area contributed by atoms with Gasteiger partial charge in [0.2, 0.25) is 23.6 Å². The molecule has 0 unspecified atom stereocenters. The van der Waals surface area contributed by atoms with Gasteiger partial charge in [-0.1, -0.05) is 44.2 Å². The van der Waals surface area contributed by atoms with E-state index in [1.807, 2.05) is 30.3 Å². The van der Waals surface area contributed by atoms with Gasteiger partial charge in [0.1, 0.15) is 62.4 Å². The Kier molecular flexibility index (Phi) is 26.5. The molecule has 0 saturated carbocycles. The number of carbonyl (C=O) groups excluding carboxylic acids is 9. The molecular weight excluding hydrogens is 933 g/mol. The molecule has 0 aromatic heterocycles. The first-order chi connectivity index (χ1) is 33.7. The van der Waals surface area contributed by atoms with Crippen molar-refractivity contribution in [2.24, 2.45) is 11.8 Å². The predicted octanol–water partition coefficient (Wildman–Crippen LogP) is 2.60. The lowest BCUT2D eigenvalue weighted by atomic mass is 9.89. The second-order valence-corrected chi connectivity index (χ2v) is 17.7. The van der Waals surface area contributed by atoms with Crippen LogP contribution in [0.1, 0.15) is 119 Å². The molecule has 3 rings (SSSR count). The van der Waals surface area contributed by atoms with Crippen LogP contribution in [0.5, 0.6) is 0 Å². The van der Waals surface area contributed by atoms with Gasteiger partial charge in [-0.05, 0) is 50.5 Å². The molecule has 22 heteroatoms. The molecule has 0 bridgehead atoms. The van der Waals surface area contributed by atoms with Gasteiger partial charge in [-0.3, -0.25) is 38.4 Å². The van der Waals surface area contributed by atoms with Crippen LogP contribution in [-0.2, 0) is 92.4 Å². The van der Waals surface area contributed by atoms with Crippen LogP contribution in [0, 0.1) is 11.8 Å². The van der Waals surface area contributed by atoms with Crippen molar-refractivity contribution in [3.05, 3.63) is 35.9 Å². The summed E-state index contributed by atoms with van der Waals surface area (Å²) in [6.45, 7) is 11.5. The fourth-order valence-corrected chi connectivity index (χ4v) is 8.04. The molecule has 0 spiro atoms. The predicted molar refractivity (Wildman–Crippen MR) is 250 cm³/mol. The van der Waals surface area contributed by atoms with Crippen molar-refractivity contribution in [2.75, 3.05) is 33.0 Å². The van der Waals surface area contributed by atoms with Crippen LogP contribution in [0.4, 0.5) is 0 Å². The third kappa shape index (κ3) is 22.5. The summed E-state index contributed by atoms with van der Waals surface area (Å²) in [6.07, 6.45) is -2.07. The monoisotopic (exact) mass is 1010 g/mol.